The SMILES string of the molecule is CC(=O)NCCCCCCCCCCNC(CCCCn1cc(COCc2cn(CCCC[C@H](CCCCCNC(C)=O)CCCCCC(N)=O)nn2)nn1)C(N)=O. The lowest BCUT2D eigenvalue weighted by Gasteiger charge is -2.17. The third-order valence-corrected chi connectivity index (χ3v) is 10.5. The highest BCUT2D eigenvalue weighted by atomic mass is 16.5. The van der Waals surface area contributed by atoms with Crippen LogP contribution in [-0.4, -0.2) is 79.3 Å². The van der Waals surface area contributed by atoms with Crippen LogP contribution >= 0.6 is 0 Å². The fourth-order valence-corrected chi connectivity index (χ4v) is 7.15. The lowest BCUT2D eigenvalue weighted by Crippen LogP contribution is -2.41. The molecule has 0 aliphatic heterocycles. The average Bonchev–Trinajstić information content (AvgIpc) is 3.84. The Kier molecular flexibility index (Phi) is 28.6. The Labute approximate surface area is 347 Å². The van der Waals surface area contributed by atoms with Gasteiger partial charge in [0.2, 0.25) is 23.6 Å². The van der Waals surface area contributed by atoms with E-state index in [1.54, 1.807) is 13.8 Å². The van der Waals surface area contributed by atoms with Crippen molar-refractivity contribution in [1.82, 2.24) is 45.9 Å². The first kappa shape index (κ1) is 50.2. The van der Waals surface area contributed by atoms with Crippen LogP contribution in [0.2, 0.25) is 0 Å². The zero-order valence-electron chi connectivity index (χ0n) is 35.9. The summed E-state index contributed by atoms with van der Waals surface area (Å²) in [5.41, 5.74) is 12.5. The molecular weight excluding hydrogens is 739 g/mol. The number of nitrogens with one attached hydrogen (secondary N) is 3. The number of hydrogen-bond acceptors (Lipinski definition) is 10. The molecule has 7 N–H and O–H groups in total. The monoisotopic (exact) mass is 816 g/mol. The Hall–Kier alpha value is -3.92. The first-order chi connectivity index (χ1) is 28.1. The molecule has 58 heavy (non-hydrogen) atoms. The van der Waals surface area contributed by atoms with Gasteiger partial charge >= 0.3 is 0 Å². The summed E-state index contributed by atoms with van der Waals surface area (Å²) in [6.07, 6.45) is 27.9. The molecule has 1 unspecified atom stereocenters. The van der Waals surface area contributed by atoms with Gasteiger partial charge in [-0.25, -0.2) is 0 Å². The van der Waals surface area contributed by atoms with Gasteiger partial charge in [0, 0.05) is 46.4 Å². The number of unbranched alkanes of at least 4 members (excludes halogenated alkanes) is 13. The second-order valence-electron chi connectivity index (χ2n) is 15.9. The lowest BCUT2D eigenvalue weighted by molar-refractivity contribution is -0.120. The van der Waals surface area contributed by atoms with Crippen LogP contribution in [0.15, 0.2) is 12.4 Å². The summed E-state index contributed by atoms with van der Waals surface area (Å²) in [7, 11) is 0. The molecule has 330 valence electrons. The van der Waals surface area contributed by atoms with Gasteiger partial charge in [0.1, 0.15) is 11.4 Å². The quantitative estimate of drug-likeness (QED) is 0.0542. The van der Waals surface area contributed by atoms with E-state index >= 15 is 0 Å². The van der Waals surface area contributed by atoms with Gasteiger partial charge in [-0.3, -0.25) is 28.5 Å². The van der Waals surface area contributed by atoms with Crippen LogP contribution < -0.4 is 27.4 Å². The van der Waals surface area contributed by atoms with Crippen molar-refractivity contribution in [2.45, 2.75) is 194 Å². The summed E-state index contributed by atoms with van der Waals surface area (Å²) in [4.78, 5) is 45.0. The Balaban J connectivity index is 1.56. The summed E-state index contributed by atoms with van der Waals surface area (Å²) in [6, 6.07) is -0.315. The minimum atomic E-state index is -0.315. The zero-order chi connectivity index (χ0) is 42.1. The fraction of sp³-hybridized carbons (Fsp3) is 0.810. The molecule has 2 atom stereocenters. The predicted octanol–water partition coefficient (Wildman–Crippen LogP) is 5.38. The van der Waals surface area contributed by atoms with E-state index < -0.39 is 0 Å². The normalized spacial score (nSPS) is 12.4. The largest absolute Gasteiger partial charge is 0.370 e. The van der Waals surface area contributed by atoms with Crippen LogP contribution in [0.3, 0.4) is 0 Å². The molecule has 4 amide bonds. The van der Waals surface area contributed by atoms with Gasteiger partial charge < -0.3 is 32.2 Å². The minimum absolute atomic E-state index is 0.0287. The molecule has 2 aromatic rings. The first-order valence-corrected chi connectivity index (χ1v) is 22.3. The molecule has 0 aliphatic rings. The summed E-state index contributed by atoms with van der Waals surface area (Å²) in [5.74, 6) is 0.210. The maximum Gasteiger partial charge on any atom is 0.234 e. The maximum absolute atomic E-state index is 12.0. The van der Waals surface area contributed by atoms with Crippen LogP contribution in [0.25, 0.3) is 0 Å². The smallest absolute Gasteiger partial charge is 0.234 e. The number of carbonyl (C=O) groups excluding carboxylic acids is 4. The topological polar surface area (TPSA) is 227 Å². The van der Waals surface area contributed by atoms with Crippen molar-refractivity contribution in [3.8, 4) is 0 Å². The van der Waals surface area contributed by atoms with Crippen molar-refractivity contribution < 1.29 is 23.9 Å². The van der Waals surface area contributed by atoms with Gasteiger partial charge in [-0.2, -0.15) is 0 Å². The molecule has 16 heteroatoms. The van der Waals surface area contributed by atoms with Crippen molar-refractivity contribution in [2.75, 3.05) is 19.6 Å². The molecule has 2 heterocycles. The molecule has 0 radical (unpaired) electrons. The van der Waals surface area contributed by atoms with Crippen molar-refractivity contribution in [2.24, 2.45) is 17.4 Å². The summed E-state index contributed by atoms with van der Waals surface area (Å²) < 4.78 is 9.56. The van der Waals surface area contributed by atoms with E-state index in [1.165, 1.54) is 51.4 Å². The molecule has 0 aromatic carbocycles. The third-order valence-electron chi connectivity index (χ3n) is 10.5. The number of rotatable bonds is 39. The number of hydrogen-bond donors (Lipinski definition) is 5. The Morgan fingerprint density at radius 3 is 1.50 bits per heavy atom. The number of nitrogens with two attached hydrogens (primary N) is 2. The number of nitrogens with zero attached hydrogens (tertiary/aromatic N) is 6. The second kappa shape index (κ2) is 33.0. The molecule has 16 nitrogen and oxygen atoms in total. The van der Waals surface area contributed by atoms with E-state index in [0.717, 1.165) is 121 Å². The molecule has 0 bridgehead atoms. The summed E-state index contributed by atoms with van der Waals surface area (Å²) in [6.45, 7) is 7.61. The van der Waals surface area contributed by atoms with Crippen molar-refractivity contribution in [1.29, 1.82) is 0 Å². The fourth-order valence-electron chi connectivity index (χ4n) is 7.15. The first-order valence-electron chi connectivity index (χ1n) is 22.3. The Bertz CT molecular complexity index is 1380. The standard InChI is InChI=1S/C42H77N11O5/c1-35(54)45-26-16-7-5-3-4-6-8-17-28-47-40(42(44)57)24-15-20-30-53-32-39(49-51-53)34-58-33-38-31-52(50-48-38)29-19-14-23-37(21-11-9-13-25-41(43)56)22-12-10-18-27-46-36(2)55/h31-32,37,40,47H,3-30,33-34H2,1-2H3,(H2,43,56)(H2,44,57)(H,45,54)(H,46,55)/t37-,40?/m0/s1. The average molecular weight is 816 g/mol. The number of aromatic nitrogens is 6. The lowest BCUT2D eigenvalue weighted by atomic mass is 9.90. The molecule has 0 aliphatic carbocycles. The Morgan fingerprint density at radius 2 is 1.02 bits per heavy atom. The molecular formula is C42H77N11O5. The van der Waals surface area contributed by atoms with E-state index in [9.17, 15) is 19.2 Å². The highest BCUT2D eigenvalue weighted by Gasteiger charge is 2.14. The molecule has 2 aromatic heterocycles. The van der Waals surface area contributed by atoms with Crippen LogP contribution in [0.4, 0.5) is 0 Å². The van der Waals surface area contributed by atoms with Gasteiger partial charge in [0.25, 0.3) is 0 Å². The second-order valence-corrected chi connectivity index (χ2v) is 15.9. The van der Waals surface area contributed by atoms with Crippen molar-refractivity contribution in [3.63, 3.8) is 0 Å². The van der Waals surface area contributed by atoms with E-state index in [1.807, 2.05) is 21.8 Å². The van der Waals surface area contributed by atoms with Gasteiger partial charge in [-0.15, -0.1) is 10.2 Å². The van der Waals surface area contributed by atoms with Crippen LogP contribution in [0.5, 0.6) is 0 Å². The van der Waals surface area contributed by atoms with Crippen LogP contribution in [0.1, 0.15) is 173 Å². The molecule has 0 saturated heterocycles. The Morgan fingerprint density at radius 1 is 0.586 bits per heavy atom. The van der Waals surface area contributed by atoms with Gasteiger partial charge in [-0.05, 0) is 63.8 Å². The highest BCUT2D eigenvalue weighted by molar-refractivity contribution is 5.79. The van der Waals surface area contributed by atoms with Gasteiger partial charge in [-0.1, -0.05) is 100 Å². The van der Waals surface area contributed by atoms with Crippen molar-refractivity contribution >= 4 is 23.6 Å². The summed E-state index contributed by atoms with van der Waals surface area (Å²) in [5, 5.41) is 26.1. The summed E-state index contributed by atoms with van der Waals surface area (Å²) >= 11 is 0. The predicted molar refractivity (Wildman–Crippen MR) is 226 cm³/mol. The van der Waals surface area contributed by atoms with E-state index in [-0.39, 0.29) is 29.7 Å². The number of ether oxygens (including phenoxy) is 1. The van der Waals surface area contributed by atoms with E-state index in [4.69, 9.17) is 16.2 Å². The number of primary amides is 2. The maximum atomic E-state index is 12.0. The molecule has 0 fully saturated rings. The highest BCUT2D eigenvalue weighted by Crippen LogP contribution is 2.23. The number of aryl methyl sites for hydroxylation is 2. The molecule has 0 saturated carbocycles. The number of carbonyl (C=O) groups is 4. The minimum Gasteiger partial charge on any atom is -0.370 e. The van der Waals surface area contributed by atoms with E-state index in [0.29, 0.717) is 38.5 Å². The third kappa shape index (κ3) is 27.7. The van der Waals surface area contributed by atoms with Gasteiger partial charge in [0.15, 0.2) is 0 Å². The van der Waals surface area contributed by atoms with Crippen LogP contribution in [-0.2, 0) is 50.2 Å². The number of amides is 4. The zero-order valence-corrected chi connectivity index (χ0v) is 35.9. The van der Waals surface area contributed by atoms with Gasteiger partial charge in [0.05, 0.1) is 31.6 Å². The van der Waals surface area contributed by atoms with Crippen molar-refractivity contribution in [3.05, 3.63) is 23.8 Å². The molecule has 0 spiro atoms. The van der Waals surface area contributed by atoms with E-state index in [2.05, 4.69) is 36.6 Å². The van der Waals surface area contributed by atoms with Crippen LogP contribution in [0, 0.1) is 5.92 Å². The molecule has 2 rings (SSSR count).